The van der Waals surface area contributed by atoms with Crippen molar-refractivity contribution in [1.29, 1.82) is 0 Å². The number of ether oxygens (including phenoxy) is 2. The summed E-state index contributed by atoms with van der Waals surface area (Å²) < 4.78 is 9.57. The Labute approximate surface area is 98.9 Å². The monoisotopic (exact) mass is 235 g/mol. The van der Waals surface area contributed by atoms with Crippen molar-refractivity contribution in [3.63, 3.8) is 0 Å². The van der Waals surface area contributed by atoms with E-state index in [9.17, 15) is 9.59 Å². The van der Waals surface area contributed by atoms with Gasteiger partial charge in [0, 0.05) is 12.2 Å². The number of methoxy groups -OCH3 is 2. The molecule has 1 fully saturated rings. The molecule has 0 aliphatic carbocycles. The lowest BCUT2D eigenvalue weighted by molar-refractivity contribution is -0.152. The summed E-state index contributed by atoms with van der Waals surface area (Å²) in [6.07, 6.45) is 0. The minimum atomic E-state index is -0.651. The topological polar surface area (TPSA) is 55.8 Å². The summed E-state index contributed by atoms with van der Waals surface area (Å²) in [7, 11) is 2.86. The smallest absolute Gasteiger partial charge is 0.320 e. The van der Waals surface area contributed by atoms with Crippen LogP contribution in [0.15, 0.2) is 24.3 Å². The number of carbonyl (C=O) groups excluding carboxylic acids is 2. The Kier molecular flexibility index (Phi) is 2.99. The molecule has 0 bridgehead atoms. The van der Waals surface area contributed by atoms with Crippen molar-refractivity contribution in [2.24, 2.45) is 5.92 Å². The summed E-state index contributed by atoms with van der Waals surface area (Å²) in [5.41, 5.74) is 0.760. The van der Waals surface area contributed by atoms with E-state index in [0.717, 1.165) is 11.4 Å². The third-order valence-corrected chi connectivity index (χ3v) is 2.80. The summed E-state index contributed by atoms with van der Waals surface area (Å²) in [6, 6.07) is 7.11. The summed E-state index contributed by atoms with van der Waals surface area (Å²) >= 11 is 0. The number of nitrogens with zero attached hydrogens (tertiary/aromatic N) is 1. The number of β-lactam (4-membered cyclic amide) rings is 1. The van der Waals surface area contributed by atoms with Gasteiger partial charge in [-0.15, -0.1) is 0 Å². The van der Waals surface area contributed by atoms with Gasteiger partial charge in [0.05, 0.1) is 14.2 Å². The van der Waals surface area contributed by atoms with Gasteiger partial charge in [0.1, 0.15) is 5.75 Å². The second-order valence-electron chi connectivity index (χ2n) is 3.72. The van der Waals surface area contributed by atoms with E-state index in [1.165, 1.54) is 7.11 Å². The second kappa shape index (κ2) is 4.45. The molecule has 1 unspecified atom stereocenters. The number of amides is 1. The van der Waals surface area contributed by atoms with Crippen LogP contribution >= 0.6 is 0 Å². The number of rotatable bonds is 3. The molecule has 17 heavy (non-hydrogen) atoms. The highest BCUT2D eigenvalue weighted by atomic mass is 16.5. The minimum absolute atomic E-state index is 0.220. The Morgan fingerprint density at radius 3 is 2.41 bits per heavy atom. The van der Waals surface area contributed by atoms with Crippen LogP contribution in [-0.2, 0) is 14.3 Å². The summed E-state index contributed by atoms with van der Waals surface area (Å²) in [6.45, 7) is 0.373. The predicted octanol–water partition coefficient (Wildman–Crippen LogP) is 0.831. The van der Waals surface area contributed by atoms with Gasteiger partial charge in [-0.25, -0.2) is 0 Å². The average molecular weight is 235 g/mol. The Morgan fingerprint density at radius 1 is 1.29 bits per heavy atom. The van der Waals surface area contributed by atoms with Crippen molar-refractivity contribution in [1.82, 2.24) is 0 Å². The Hall–Kier alpha value is -2.04. The van der Waals surface area contributed by atoms with Crippen LogP contribution in [0.4, 0.5) is 5.69 Å². The predicted molar refractivity (Wildman–Crippen MR) is 60.9 cm³/mol. The molecule has 1 amide bonds. The zero-order valence-corrected chi connectivity index (χ0v) is 9.67. The van der Waals surface area contributed by atoms with Crippen molar-refractivity contribution in [2.75, 3.05) is 25.7 Å². The SMILES string of the molecule is COC(=O)C1CN(c2ccc(OC)cc2)C1=O. The number of anilines is 1. The molecule has 0 aromatic heterocycles. The fourth-order valence-electron chi connectivity index (χ4n) is 1.74. The molecule has 0 radical (unpaired) electrons. The zero-order chi connectivity index (χ0) is 12.4. The normalized spacial score (nSPS) is 18.6. The largest absolute Gasteiger partial charge is 0.497 e. The van der Waals surface area contributed by atoms with E-state index in [4.69, 9.17) is 4.74 Å². The lowest BCUT2D eigenvalue weighted by Gasteiger charge is -2.36. The molecule has 1 aliphatic heterocycles. The highest BCUT2D eigenvalue weighted by molar-refractivity contribution is 6.12. The summed E-state index contributed by atoms with van der Waals surface area (Å²) in [5.74, 6) is -0.616. The Morgan fingerprint density at radius 2 is 1.94 bits per heavy atom. The molecule has 5 nitrogen and oxygen atoms in total. The van der Waals surface area contributed by atoms with Gasteiger partial charge in [-0.3, -0.25) is 9.59 Å². The average Bonchev–Trinajstić information content (AvgIpc) is 2.37. The molecule has 5 heteroatoms. The van der Waals surface area contributed by atoms with Gasteiger partial charge in [-0.05, 0) is 24.3 Å². The van der Waals surface area contributed by atoms with Crippen LogP contribution in [0.25, 0.3) is 0 Å². The van der Waals surface area contributed by atoms with Gasteiger partial charge in [0.25, 0.3) is 0 Å². The highest BCUT2D eigenvalue weighted by Crippen LogP contribution is 2.28. The standard InChI is InChI=1S/C12H13NO4/c1-16-9-5-3-8(4-6-9)13-7-10(11(13)14)12(15)17-2/h3-6,10H,7H2,1-2H3. The van der Waals surface area contributed by atoms with Crippen molar-refractivity contribution in [3.05, 3.63) is 24.3 Å². The number of carbonyl (C=O) groups is 2. The lowest BCUT2D eigenvalue weighted by Crippen LogP contribution is -2.56. The van der Waals surface area contributed by atoms with E-state index >= 15 is 0 Å². The first-order chi connectivity index (χ1) is 8.17. The molecular weight excluding hydrogens is 222 g/mol. The molecule has 1 aromatic rings. The van der Waals surface area contributed by atoms with Crippen molar-refractivity contribution in [3.8, 4) is 5.75 Å². The lowest BCUT2D eigenvalue weighted by atomic mass is 9.98. The number of esters is 1. The number of hydrogen-bond donors (Lipinski definition) is 0. The van der Waals surface area contributed by atoms with Crippen LogP contribution in [0, 0.1) is 5.92 Å². The van der Waals surface area contributed by atoms with E-state index in [1.807, 2.05) is 0 Å². The van der Waals surface area contributed by atoms with Gasteiger partial charge in [-0.1, -0.05) is 0 Å². The molecule has 1 atom stereocenters. The Bertz CT molecular complexity index is 440. The van der Waals surface area contributed by atoms with Gasteiger partial charge in [-0.2, -0.15) is 0 Å². The maximum atomic E-state index is 11.7. The molecule has 1 aliphatic rings. The molecule has 2 rings (SSSR count). The maximum absolute atomic E-state index is 11.7. The van der Waals surface area contributed by atoms with Crippen LogP contribution in [0.3, 0.4) is 0 Å². The van der Waals surface area contributed by atoms with Gasteiger partial charge in [0.15, 0.2) is 5.92 Å². The van der Waals surface area contributed by atoms with Crippen LogP contribution in [0.2, 0.25) is 0 Å². The van der Waals surface area contributed by atoms with Crippen LogP contribution in [-0.4, -0.2) is 32.6 Å². The van der Waals surface area contributed by atoms with Gasteiger partial charge >= 0.3 is 5.97 Å². The molecular formula is C12H13NO4. The molecule has 0 spiro atoms. The fourth-order valence-corrected chi connectivity index (χ4v) is 1.74. The molecule has 1 heterocycles. The molecule has 1 saturated heterocycles. The number of hydrogen-bond acceptors (Lipinski definition) is 4. The second-order valence-corrected chi connectivity index (χ2v) is 3.72. The molecule has 1 aromatic carbocycles. The van der Waals surface area contributed by atoms with Crippen LogP contribution in [0.5, 0.6) is 5.75 Å². The van der Waals surface area contributed by atoms with E-state index in [1.54, 1.807) is 36.3 Å². The maximum Gasteiger partial charge on any atom is 0.320 e. The third kappa shape index (κ3) is 1.95. The van der Waals surface area contributed by atoms with E-state index in [0.29, 0.717) is 6.54 Å². The van der Waals surface area contributed by atoms with E-state index in [-0.39, 0.29) is 5.91 Å². The first kappa shape index (κ1) is 11.4. The molecule has 0 N–H and O–H groups in total. The van der Waals surface area contributed by atoms with Crippen LogP contribution < -0.4 is 9.64 Å². The third-order valence-electron chi connectivity index (χ3n) is 2.80. The first-order valence-electron chi connectivity index (χ1n) is 5.20. The van der Waals surface area contributed by atoms with Crippen molar-refractivity contribution < 1.29 is 19.1 Å². The van der Waals surface area contributed by atoms with Gasteiger partial charge < -0.3 is 14.4 Å². The minimum Gasteiger partial charge on any atom is -0.497 e. The highest BCUT2D eigenvalue weighted by Gasteiger charge is 2.43. The quantitative estimate of drug-likeness (QED) is 0.442. The Balaban J connectivity index is 2.06. The van der Waals surface area contributed by atoms with E-state index < -0.39 is 11.9 Å². The fraction of sp³-hybridized carbons (Fsp3) is 0.333. The van der Waals surface area contributed by atoms with Gasteiger partial charge in [0.2, 0.25) is 5.91 Å². The number of benzene rings is 1. The first-order valence-corrected chi connectivity index (χ1v) is 5.20. The molecule has 90 valence electrons. The summed E-state index contributed by atoms with van der Waals surface area (Å²) in [5, 5.41) is 0. The van der Waals surface area contributed by atoms with Crippen molar-refractivity contribution >= 4 is 17.6 Å². The van der Waals surface area contributed by atoms with E-state index in [2.05, 4.69) is 4.74 Å². The van der Waals surface area contributed by atoms with Crippen molar-refractivity contribution in [2.45, 2.75) is 0 Å². The zero-order valence-electron chi connectivity index (χ0n) is 9.67. The molecule has 0 saturated carbocycles. The van der Waals surface area contributed by atoms with Crippen LogP contribution in [0.1, 0.15) is 0 Å². The summed E-state index contributed by atoms with van der Waals surface area (Å²) in [4.78, 5) is 24.4.